The Morgan fingerprint density at radius 2 is 1.08 bits per heavy atom. The lowest BCUT2D eigenvalue weighted by Crippen LogP contribution is -2.04. The van der Waals surface area contributed by atoms with Crippen molar-refractivity contribution in [3.05, 3.63) is 210 Å². The summed E-state index contributed by atoms with van der Waals surface area (Å²) in [6.45, 7) is 0. The van der Waals surface area contributed by atoms with Crippen LogP contribution < -0.4 is 4.74 Å². The summed E-state index contributed by atoms with van der Waals surface area (Å²) < 4.78 is 24.0. The fourth-order valence-electron chi connectivity index (χ4n) is 10.7. The third kappa shape index (κ3) is 5.72. The van der Waals surface area contributed by atoms with Crippen molar-refractivity contribution in [1.29, 1.82) is 0 Å². The van der Waals surface area contributed by atoms with Crippen LogP contribution in [-0.2, 0) is 12.8 Å². The van der Waals surface area contributed by atoms with Crippen molar-refractivity contribution in [3.63, 3.8) is 0 Å². The molecule has 0 N–H and O–H groups in total. The van der Waals surface area contributed by atoms with E-state index in [9.17, 15) is 0 Å². The van der Waals surface area contributed by atoms with Gasteiger partial charge in [0, 0.05) is 66.9 Å². The van der Waals surface area contributed by atoms with E-state index < -0.39 is 0 Å². The van der Waals surface area contributed by atoms with E-state index in [0.717, 1.165) is 104 Å². The van der Waals surface area contributed by atoms with Gasteiger partial charge in [-0.05, 0) is 139 Å². The lowest BCUT2D eigenvalue weighted by atomic mass is 9.91. The molecule has 0 aliphatic heterocycles. The Labute approximate surface area is 374 Å². The molecule has 12 aromatic rings. The molecular formula is C60H40N2O3. The first-order chi connectivity index (χ1) is 32.2. The van der Waals surface area contributed by atoms with Gasteiger partial charge in [0.2, 0.25) is 0 Å². The van der Waals surface area contributed by atoms with Crippen molar-refractivity contribution >= 4 is 83.3 Å². The SMILES string of the molecule is C1=Cc2c(n(-c3cccc(C4=Cc5c(oc6ccccc56)CC4)c3)c3ccc(Oc4ccc5c(c4)c4ccccc4n5-c4cccc(-c5ccc6oc7ccccc7c6c5)c4)cc23)CC1. The zero-order valence-corrected chi connectivity index (χ0v) is 35.4. The summed E-state index contributed by atoms with van der Waals surface area (Å²) in [4.78, 5) is 0. The second kappa shape index (κ2) is 14.1. The maximum atomic E-state index is 6.79. The molecule has 0 bridgehead atoms. The zero-order chi connectivity index (χ0) is 42.6. The average molecular weight is 837 g/mol. The summed E-state index contributed by atoms with van der Waals surface area (Å²) in [5.74, 6) is 2.71. The van der Waals surface area contributed by atoms with E-state index in [1.807, 2.05) is 18.2 Å². The van der Waals surface area contributed by atoms with Gasteiger partial charge in [-0.2, -0.15) is 0 Å². The largest absolute Gasteiger partial charge is 0.460 e. The van der Waals surface area contributed by atoms with Crippen LogP contribution in [0.3, 0.4) is 0 Å². The van der Waals surface area contributed by atoms with E-state index in [1.165, 1.54) is 55.3 Å². The highest BCUT2D eigenvalue weighted by molar-refractivity contribution is 6.10. The molecule has 65 heavy (non-hydrogen) atoms. The highest BCUT2D eigenvalue weighted by Crippen LogP contribution is 2.42. The van der Waals surface area contributed by atoms with Crippen LogP contribution in [0.4, 0.5) is 0 Å². The number of benzene rings is 8. The molecule has 5 nitrogen and oxygen atoms in total. The molecule has 8 aromatic carbocycles. The molecule has 4 heterocycles. The van der Waals surface area contributed by atoms with Gasteiger partial charge < -0.3 is 22.7 Å². The van der Waals surface area contributed by atoms with Gasteiger partial charge in [0.15, 0.2) is 0 Å². The number of rotatable bonds is 6. The quantitative estimate of drug-likeness (QED) is 0.168. The molecule has 0 unspecified atom stereocenters. The highest BCUT2D eigenvalue weighted by atomic mass is 16.5. The summed E-state index contributed by atoms with van der Waals surface area (Å²) in [6, 6.07) is 62.8. The van der Waals surface area contributed by atoms with Gasteiger partial charge in [0.25, 0.3) is 0 Å². The fraction of sp³-hybridized carbons (Fsp3) is 0.0667. The van der Waals surface area contributed by atoms with E-state index >= 15 is 0 Å². The minimum Gasteiger partial charge on any atom is -0.460 e. The first kappa shape index (κ1) is 36.2. The lowest BCUT2D eigenvalue weighted by Gasteiger charge is -2.17. The Hall–Kier alpha value is -8.28. The van der Waals surface area contributed by atoms with Crippen molar-refractivity contribution in [3.8, 4) is 34.0 Å². The number of aryl methyl sites for hydroxylation is 1. The molecule has 0 fully saturated rings. The van der Waals surface area contributed by atoms with Gasteiger partial charge in [0.1, 0.15) is 34.0 Å². The summed E-state index contributed by atoms with van der Waals surface area (Å²) in [7, 11) is 0. The lowest BCUT2D eigenvalue weighted by molar-refractivity contribution is 0.484. The number of aromatic nitrogens is 2. The van der Waals surface area contributed by atoms with E-state index in [1.54, 1.807) is 0 Å². The molecular weight excluding hydrogens is 797 g/mol. The third-order valence-corrected chi connectivity index (χ3v) is 13.7. The predicted molar refractivity (Wildman–Crippen MR) is 267 cm³/mol. The van der Waals surface area contributed by atoms with E-state index in [-0.39, 0.29) is 0 Å². The van der Waals surface area contributed by atoms with Crippen molar-refractivity contribution in [2.45, 2.75) is 25.7 Å². The minimum atomic E-state index is 0.806. The summed E-state index contributed by atoms with van der Waals surface area (Å²) in [5.41, 5.74) is 17.3. The first-order valence-corrected chi connectivity index (χ1v) is 22.6. The number of hydrogen-bond acceptors (Lipinski definition) is 3. The van der Waals surface area contributed by atoms with Crippen molar-refractivity contribution in [2.75, 3.05) is 0 Å². The molecule has 308 valence electrons. The summed E-state index contributed by atoms with van der Waals surface area (Å²) >= 11 is 0. The van der Waals surface area contributed by atoms with E-state index in [4.69, 9.17) is 13.6 Å². The van der Waals surface area contributed by atoms with Crippen molar-refractivity contribution < 1.29 is 13.6 Å². The number of ether oxygens (including phenoxy) is 1. The van der Waals surface area contributed by atoms with Gasteiger partial charge in [0.05, 0.1) is 16.6 Å². The maximum Gasteiger partial charge on any atom is 0.135 e. The predicted octanol–water partition coefficient (Wildman–Crippen LogP) is 16.3. The summed E-state index contributed by atoms with van der Waals surface area (Å²) in [6.07, 6.45) is 10.8. The molecule has 0 radical (unpaired) electrons. The van der Waals surface area contributed by atoms with Gasteiger partial charge in [-0.25, -0.2) is 0 Å². The minimum absolute atomic E-state index is 0.806. The first-order valence-electron chi connectivity index (χ1n) is 22.6. The normalized spacial score (nSPS) is 13.6. The molecule has 2 aliphatic carbocycles. The Kier molecular flexibility index (Phi) is 7.87. The molecule has 5 heteroatoms. The number of para-hydroxylation sites is 3. The molecule has 4 aromatic heterocycles. The smallest absolute Gasteiger partial charge is 0.135 e. The number of allylic oxidation sites excluding steroid dienone is 2. The van der Waals surface area contributed by atoms with Gasteiger partial charge >= 0.3 is 0 Å². The van der Waals surface area contributed by atoms with Crippen LogP contribution in [0.1, 0.15) is 41.0 Å². The zero-order valence-electron chi connectivity index (χ0n) is 35.4. The van der Waals surface area contributed by atoms with Crippen molar-refractivity contribution in [1.82, 2.24) is 9.13 Å². The molecule has 0 saturated heterocycles. The van der Waals surface area contributed by atoms with Gasteiger partial charge in [-0.15, -0.1) is 0 Å². The molecule has 2 aliphatic rings. The van der Waals surface area contributed by atoms with Crippen LogP contribution in [0.2, 0.25) is 0 Å². The number of nitrogens with zero attached hydrogens (tertiary/aromatic N) is 2. The average Bonchev–Trinajstić information content (AvgIpc) is 4.11. The topological polar surface area (TPSA) is 45.4 Å². The van der Waals surface area contributed by atoms with Gasteiger partial charge in [-0.3, -0.25) is 0 Å². The van der Waals surface area contributed by atoms with Crippen LogP contribution >= 0.6 is 0 Å². The second-order valence-electron chi connectivity index (χ2n) is 17.5. The fourth-order valence-corrected chi connectivity index (χ4v) is 10.7. The number of furan rings is 2. The molecule has 0 amide bonds. The Bertz CT molecular complexity index is 4000. The maximum absolute atomic E-state index is 6.79. The standard InChI is InChI=1S/C60H40N2O3/c1-5-19-53-45(15-1)49-35-43(25-27-55(49)61(53)41-13-9-11-37(31-41)39-23-29-59-51(33-39)47-17-3-7-21-57(47)64-59)63-44-26-28-56-50(36-44)46-16-2-6-20-54(46)62(56)42-14-10-12-38(32-42)40-24-30-60-52(34-40)48-18-4-8-22-58(48)65-60/h1-5,7-19,21-23,25-29,31-36H,6,20,24,30H2. The van der Waals surface area contributed by atoms with Crippen LogP contribution in [0.5, 0.6) is 11.5 Å². The number of hydrogen-bond donors (Lipinski definition) is 0. The van der Waals surface area contributed by atoms with Crippen LogP contribution in [0.25, 0.3) is 106 Å². The molecule has 14 rings (SSSR count). The van der Waals surface area contributed by atoms with Gasteiger partial charge in [-0.1, -0.05) is 97.1 Å². The number of fused-ring (bicyclic) bond motifs is 12. The van der Waals surface area contributed by atoms with Crippen LogP contribution in [0.15, 0.2) is 191 Å². The third-order valence-electron chi connectivity index (χ3n) is 13.7. The molecule has 0 saturated carbocycles. The Morgan fingerprint density at radius 1 is 0.415 bits per heavy atom. The Morgan fingerprint density at radius 3 is 1.94 bits per heavy atom. The van der Waals surface area contributed by atoms with Crippen LogP contribution in [-0.4, -0.2) is 9.13 Å². The molecule has 0 atom stereocenters. The van der Waals surface area contributed by atoms with E-state index in [2.05, 4.69) is 185 Å². The highest BCUT2D eigenvalue weighted by Gasteiger charge is 2.23. The van der Waals surface area contributed by atoms with Crippen LogP contribution in [0, 0.1) is 0 Å². The van der Waals surface area contributed by atoms with Crippen molar-refractivity contribution in [2.24, 2.45) is 0 Å². The molecule has 0 spiro atoms. The summed E-state index contributed by atoms with van der Waals surface area (Å²) in [5, 5.41) is 6.97. The monoisotopic (exact) mass is 836 g/mol. The van der Waals surface area contributed by atoms with E-state index in [0.29, 0.717) is 0 Å². The second-order valence-corrected chi connectivity index (χ2v) is 17.5. The Balaban J connectivity index is 0.814.